The van der Waals surface area contributed by atoms with E-state index < -0.39 is 0 Å². The summed E-state index contributed by atoms with van der Waals surface area (Å²) < 4.78 is 0. The summed E-state index contributed by atoms with van der Waals surface area (Å²) >= 11 is 0. The highest BCUT2D eigenvalue weighted by Crippen LogP contribution is 2.41. The molecule has 0 atom stereocenters. The SMILES string of the molecule is CC(C)[C@H]1CC[C@@](C)(C(=O)C=[N+]=[N-])CC1. The fraction of sp³-hybridized carbons (Fsp3) is 0.833. The first-order valence-corrected chi connectivity index (χ1v) is 5.71. The van der Waals surface area contributed by atoms with E-state index in [-0.39, 0.29) is 11.2 Å². The highest BCUT2D eigenvalue weighted by Gasteiger charge is 2.38. The quantitative estimate of drug-likeness (QED) is 0.399. The Morgan fingerprint density at radius 1 is 1.47 bits per heavy atom. The van der Waals surface area contributed by atoms with Gasteiger partial charge in [0.15, 0.2) is 0 Å². The van der Waals surface area contributed by atoms with Crippen LogP contribution in [0, 0.1) is 17.3 Å². The molecule has 0 saturated heterocycles. The summed E-state index contributed by atoms with van der Waals surface area (Å²) in [5, 5.41) is 0. The molecule has 0 heterocycles. The molecule has 0 radical (unpaired) electrons. The van der Waals surface area contributed by atoms with E-state index in [9.17, 15) is 4.79 Å². The monoisotopic (exact) mass is 208 g/mol. The van der Waals surface area contributed by atoms with Gasteiger partial charge in [0.1, 0.15) is 0 Å². The summed E-state index contributed by atoms with van der Waals surface area (Å²) in [7, 11) is 0. The second-order valence-corrected chi connectivity index (χ2v) is 5.25. The Hall–Kier alpha value is -0.950. The number of Topliss-reactive ketones (excluding diaryl/α,β-unsaturated/α-hetero) is 1. The van der Waals surface area contributed by atoms with E-state index in [2.05, 4.69) is 18.6 Å². The minimum atomic E-state index is -0.294. The molecule has 3 nitrogen and oxygen atoms in total. The van der Waals surface area contributed by atoms with E-state index in [1.807, 2.05) is 6.92 Å². The highest BCUT2D eigenvalue weighted by molar-refractivity contribution is 6.27. The molecule has 0 N–H and O–H groups in total. The molecule has 1 rings (SSSR count). The first-order chi connectivity index (χ1) is 6.99. The summed E-state index contributed by atoms with van der Waals surface area (Å²) in [6.07, 6.45) is 5.11. The van der Waals surface area contributed by atoms with Gasteiger partial charge in [0.05, 0.1) is 0 Å². The number of rotatable bonds is 3. The lowest BCUT2D eigenvalue weighted by Crippen LogP contribution is -2.34. The normalized spacial score (nSPS) is 31.1. The maximum absolute atomic E-state index is 11.7. The maximum Gasteiger partial charge on any atom is 0.323 e. The Balaban J connectivity index is 2.62. The molecule has 0 aromatic carbocycles. The van der Waals surface area contributed by atoms with Gasteiger partial charge < -0.3 is 5.53 Å². The molecule has 15 heavy (non-hydrogen) atoms. The molecule has 0 spiro atoms. The molecule has 0 bridgehead atoms. The summed E-state index contributed by atoms with van der Waals surface area (Å²) in [4.78, 5) is 14.5. The van der Waals surface area contributed by atoms with E-state index in [1.165, 1.54) is 0 Å². The fourth-order valence-electron chi connectivity index (χ4n) is 2.40. The van der Waals surface area contributed by atoms with Crippen LogP contribution in [0.5, 0.6) is 0 Å². The first kappa shape index (κ1) is 12.1. The van der Waals surface area contributed by atoms with Crippen LogP contribution >= 0.6 is 0 Å². The lowest BCUT2D eigenvalue weighted by Gasteiger charge is -2.35. The van der Waals surface area contributed by atoms with Crippen molar-refractivity contribution in [3.05, 3.63) is 5.53 Å². The average molecular weight is 208 g/mol. The van der Waals surface area contributed by atoms with Crippen LogP contribution in [-0.4, -0.2) is 16.8 Å². The van der Waals surface area contributed by atoms with Gasteiger partial charge >= 0.3 is 6.21 Å². The van der Waals surface area contributed by atoms with Crippen LogP contribution in [0.1, 0.15) is 46.5 Å². The number of ketones is 1. The van der Waals surface area contributed by atoms with E-state index in [4.69, 9.17) is 5.53 Å². The van der Waals surface area contributed by atoms with Gasteiger partial charge in [0.2, 0.25) is 5.78 Å². The fourth-order valence-corrected chi connectivity index (χ4v) is 2.40. The van der Waals surface area contributed by atoms with Gasteiger partial charge in [-0.3, -0.25) is 4.79 Å². The molecule has 0 amide bonds. The van der Waals surface area contributed by atoms with Crippen molar-refractivity contribution in [2.45, 2.75) is 46.5 Å². The zero-order valence-corrected chi connectivity index (χ0v) is 9.86. The van der Waals surface area contributed by atoms with Crippen LogP contribution in [-0.2, 0) is 4.79 Å². The van der Waals surface area contributed by atoms with Crippen LogP contribution in [0.15, 0.2) is 0 Å². The standard InChI is InChI=1S/C12H20N2O/c1-9(2)10-4-6-12(3,7-5-10)11(15)8-14-13/h8-10H,4-7H2,1-3H3/t10-,12+. The molecule has 0 aliphatic heterocycles. The highest BCUT2D eigenvalue weighted by atomic mass is 16.1. The number of carbonyl (C=O) groups excluding carboxylic acids is 1. The maximum atomic E-state index is 11.7. The Bertz CT molecular complexity index is 282. The molecule has 1 saturated carbocycles. The van der Waals surface area contributed by atoms with Gasteiger partial charge in [-0.2, -0.15) is 4.79 Å². The molecule has 84 valence electrons. The molecule has 3 heteroatoms. The van der Waals surface area contributed by atoms with Crippen molar-refractivity contribution in [2.24, 2.45) is 17.3 Å². The second-order valence-electron chi connectivity index (χ2n) is 5.25. The van der Waals surface area contributed by atoms with Crippen molar-refractivity contribution >= 4 is 12.0 Å². The molecule has 1 aliphatic carbocycles. The van der Waals surface area contributed by atoms with E-state index in [0.717, 1.165) is 37.8 Å². The molecular weight excluding hydrogens is 188 g/mol. The van der Waals surface area contributed by atoms with Crippen molar-refractivity contribution in [3.63, 3.8) is 0 Å². The predicted octanol–water partition coefficient (Wildman–Crippen LogP) is 2.71. The molecular formula is C12H20N2O. The largest absolute Gasteiger partial charge is 0.361 e. The van der Waals surface area contributed by atoms with Crippen LogP contribution in [0.2, 0.25) is 0 Å². The van der Waals surface area contributed by atoms with Gasteiger partial charge in [0.25, 0.3) is 0 Å². The number of hydrogen-bond acceptors (Lipinski definition) is 1. The summed E-state index contributed by atoms with van der Waals surface area (Å²) in [6, 6.07) is 0. The van der Waals surface area contributed by atoms with Crippen molar-refractivity contribution in [2.75, 3.05) is 0 Å². The van der Waals surface area contributed by atoms with Crippen LogP contribution < -0.4 is 0 Å². The minimum absolute atomic E-state index is 0.0350. The lowest BCUT2D eigenvalue weighted by molar-refractivity contribution is -0.126. The Kier molecular flexibility index (Phi) is 3.81. The topological polar surface area (TPSA) is 53.5 Å². The Morgan fingerprint density at radius 2 is 2.00 bits per heavy atom. The van der Waals surface area contributed by atoms with Crippen molar-refractivity contribution in [1.82, 2.24) is 0 Å². The third-order valence-corrected chi connectivity index (χ3v) is 3.85. The minimum Gasteiger partial charge on any atom is -0.361 e. The molecule has 0 aromatic heterocycles. The molecule has 0 unspecified atom stereocenters. The van der Waals surface area contributed by atoms with Gasteiger partial charge in [-0.25, -0.2) is 0 Å². The van der Waals surface area contributed by atoms with E-state index in [0.29, 0.717) is 5.92 Å². The number of carbonyl (C=O) groups is 1. The average Bonchev–Trinajstić information content (AvgIpc) is 2.18. The number of hydrogen-bond donors (Lipinski definition) is 0. The number of nitrogens with zero attached hydrogens (tertiary/aromatic N) is 2. The van der Waals surface area contributed by atoms with Gasteiger partial charge in [-0.1, -0.05) is 20.8 Å². The summed E-state index contributed by atoms with van der Waals surface area (Å²) in [5.74, 6) is 1.42. The lowest BCUT2D eigenvalue weighted by atomic mass is 9.67. The van der Waals surface area contributed by atoms with Crippen molar-refractivity contribution in [3.8, 4) is 0 Å². The third-order valence-electron chi connectivity index (χ3n) is 3.85. The summed E-state index contributed by atoms with van der Waals surface area (Å²) in [6.45, 7) is 6.46. The Morgan fingerprint density at radius 3 is 2.40 bits per heavy atom. The van der Waals surface area contributed by atoms with Crippen molar-refractivity contribution < 1.29 is 9.58 Å². The first-order valence-electron chi connectivity index (χ1n) is 5.71. The third kappa shape index (κ3) is 2.75. The molecule has 0 aromatic rings. The molecule has 1 aliphatic rings. The van der Waals surface area contributed by atoms with Gasteiger partial charge in [-0.15, -0.1) is 0 Å². The Labute approximate surface area is 91.5 Å². The van der Waals surface area contributed by atoms with Crippen LogP contribution in [0.3, 0.4) is 0 Å². The van der Waals surface area contributed by atoms with Gasteiger partial charge in [0, 0.05) is 5.41 Å². The van der Waals surface area contributed by atoms with Gasteiger partial charge in [-0.05, 0) is 37.5 Å². The van der Waals surface area contributed by atoms with E-state index >= 15 is 0 Å². The van der Waals surface area contributed by atoms with E-state index in [1.54, 1.807) is 0 Å². The van der Waals surface area contributed by atoms with Crippen molar-refractivity contribution in [1.29, 1.82) is 0 Å². The zero-order valence-electron chi connectivity index (χ0n) is 9.86. The predicted molar refractivity (Wildman–Crippen MR) is 59.6 cm³/mol. The van der Waals surface area contributed by atoms with Crippen LogP contribution in [0.25, 0.3) is 5.53 Å². The summed E-state index contributed by atoms with van der Waals surface area (Å²) in [5.41, 5.74) is 8.08. The zero-order chi connectivity index (χ0) is 11.5. The second kappa shape index (κ2) is 4.71. The molecule has 1 fully saturated rings. The smallest absolute Gasteiger partial charge is 0.323 e. The van der Waals surface area contributed by atoms with Crippen LogP contribution in [0.4, 0.5) is 0 Å².